The van der Waals surface area contributed by atoms with E-state index in [0.717, 1.165) is 51.9 Å². The summed E-state index contributed by atoms with van der Waals surface area (Å²) in [6.45, 7) is 3.52. The van der Waals surface area contributed by atoms with Crippen LogP contribution in [0.4, 0.5) is 11.4 Å². The molecule has 0 fully saturated rings. The summed E-state index contributed by atoms with van der Waals surface area (Å²) < 4.78 is 31.3. The maximum Gasteiger partial charge on any atom is 0.241 e. The number of rotatable bonds is 11. The third-order valence-electron chi connectivity index (χ3n) is 7.49. The van der Waals surface area contributed by atoms with E-state index in [1.807, 2.05) is 44.3 Å². The molecule has 0 bridgehead atoms. The number of halogens is 2. The van der Waals surface area contributed by atoms with Gasteiger partial charge in [0.15, 0.2) is 0 Å². The van der Waals surface area contributed by atoms with E-state index in [-0.39, 0.29) is 42.1 Å². The molecule has 0 unspecified atom stereocenters. The van der Waals surface area contributed by atoms with Gasteiger partial charge in [-0.25, -0.2) is 18.1 Å². The minimum atomic E-state index is -3.73. The number of fused-ring (bicyclic) bond motifs is 2. The van der Waals surface area contributed by atoms with Gasteiger partial charge in [0.25, 0.3) is 0 Å². The zero-order chi connectivity index (χ0) is 29.1. The number of likely N-dealkylation sites (N-methyl/N-ethyl adjacent to an activating group) is 1. The Morgan fingerprint density at radius 3 is 2.37 bits per heavy atom. The van der Waals surface area contributed by atoms with Crippen molar-refractivity contribution in [3.63, 3.8) is 0 Å². The first-order valence-electron chi connectivity index (χ1n) is 13.6. The van der Waals surface area contributed by atoms with Gasteiger partial charge in [0, 0.05) is 60.8 Å². The number of hydrogen-bond donors (Lipinski definition) is 4. The third kappa shape index (κ3) is 7.22. The van der Waals surface area contributed by atoms with Crippen LogP contribution in [0, 0.1) is 5.41 Å². The van der Waals surface area contributed by atoms with Crippen LogP contribution in [-0.4, -0.2) is 43.4 Å². The highest BCUT2D eigenvalue weighted by Crippen LogP contribution is 2.27. The van der Waals surface area contributed by atoms with Crippen molar-refractivity contribution in [2.45, 2.75) is 24.7 Å². The summed E-state index contributed by atoms with van der Waals surface area (Å²) in [5.74, 6) is 1.05. The molecule has 5 rings (SSSR count). The van der Waals surface area contributed by atoms with Gasteiger partial charge in [-0.3, -0.25) is 5.41 Å². The van der Waals surface area contributed by atoms with Crippen LogP contribution in [0.5, 0.6) is 0 Å². The van der Waals surface area contributed by atoms with E-state index in [1.165, 1.54) is 0 Å². The molecular formula is C31H37Cl2N7O2S. The molecule has 0 aliphatic carbocycles. The van der Waals surface area contributed by atoms with Crippen molar-refractivity contribution in [1.82, 2.24) is 14.3 Å². The molecule has 0 spiro atoms. The van der Waals surface area contributed by atoms with E-state index >= 15 is 0 Å². The molecule has 0 saturated carbocycles. The quantitative estimate of drug-likeness (QED) is 0.0905. The van der Waals surface area contributed by atoms with Crippen LogP contribution in [-0.2, 0) is 29.9 Å². The zero-order valence-corrected chi connectivity index (χ0v) is 26.5. The SMILES string of the molecule is CCN(CCNS(=O)(=O)c1cccc2c(N)cccc12)c1ccc2c(c1)nc(CCc1ccc(C(=N)N)cc1)n2C.Cl.Cl. The van der Waals surface area contributed by atoms with Gasteiger partial charge in [-0.2, -0.15) is 0 Å². The standard InChI is InChI=1S/C31H35N7O2S.2ClH/c1-3-38(19-18-35-41(39,40)29-9-5-6-24-25(29)7-4-8-26(24)32)23-15-16-28-27(20-23)36-30(37(28)2)17-12-21-10-13-22(14-11-21)31(33)34;;/h4-11,13-16,20,35H,3,12,17-19,32H2,1-2H3,(H3,33,34);2*1H. The smallest absolute Gasteiger partial charge is 0.241 e. The van der Waals surface area contributed by atoms with Crippen molar-refractivity contribution in [2.75, 3.05) is 30.3 Å². The number of nitrogens with zero attached hydrogens (tertiary/aromatic N) is 3. The molecule has 9 nitrogen and oxygen atoms in total. The Balaban J connectivity index is 0.00000253. The Kier molecular flexibility index (Phi) is 11.0. The van der Waals surface area contributed by atoms with Crippen LogP contribution in [0.3, 0.4) is 0 Å². The molecule has 1 aromatic heterocycles. The van der Waals surface area contributed by atoms with E-state index in [9.17, 15) is 8.42 Å². The molecule has 12 heteroatoms. The number of aryl methyl sites for hydroxylation is 3. The summed E-state index contributed by atoms with van der Waals surface area (Å²) in [5, 5.41) is 8.88. The highest BCUT2D eigenvalue weighted by Gasteiger charge is 2.18. The first kappa shape index (κ1) is 33.7. The van der Waals surface area contributed by atoms with Crippen LogP contribution < -0.4 is 21.1 Å². The number of sulfonamides is 1. The molecule has 0 saturated heterocycles. The first-order valence-corrected chi connectivity index (χ1v) is 15.1. The summed E-state index contributed by atoms with van der Waals surface area (Å²) in [4.78, 5) is 7.26. The molecule has 0 atom stereocenters. The number of nitrogens with one attached hydrogen (secondary N) is 2. The van der Waals surface area contributed by atoms with Gasteiger partial charge in [0.2, 0.25) is 10.0 Å². The Morgan fingerprint density at radius 2 is 1.67 bits per heavy atom. The molecule has 0 aliphatic heterocycles. The fraction of sp³-hybridized carbons (Fsp3) is 0.226. The lowest BCUT2D eigenvalue weighted by Crippen LogP contribution is -2.35. The lowest BCUT2D eigenvalue weighted by molar-refractivity contribution is 0.581. The number of imidazole rings is 1. The lowest BCUT2D eigenvalue weighted by atomic mass is 10.1. The second kappa shape index (κ2) is 14.1. The summed E-state index contributed by atoms with van der Waals surface area (Å²) in [6, 6.07) is 24.4. The van der Waals surface area contributed by atoms with Crippen molar-refractivity contribution in [2.24, 2.45) is 12.8 Å². The van der Waals surface area contributed by atoms with E-state index in [2.05, 4.69) is 32.4 Å². The summed E-state index contributed by atoms with van der Waals surface area (Å²) in [5.41, 5.74) is 17.0. The van der Waals surface area contributed by atoms with Crippen LogP contribution in [0.25, 0.3) is 21.8 Å². The molecule has 0 radical (unpaired) electrons. The summed E-state index contributed by atoms with van der Waals surface area (Å²) in [7, 11) is -1.70. The van der Waals surface area contributed by atoms with Gasteiger partial charge < -0.3 is 20.9 Å². The summed E-state index contributed by atoms with van der Waals surface area (Å²) >= 11 is 0. The topological polar surface area (TPSA) is 143 Å². The zero-order valence-electron chi connectivity index (χ0n) is 24.1. The number of amidine groups is 1. The van der Waals surface area contributed by atoms with Crippen molar-refractivity contribution < 1.29 is 8.42 Å². The minimum Gasteiger partial charge on any atom is -0.398 e. The maximum absolute atomic E-state index is 13.2. The number of hydrogen-bond acceptors (Lipinski definition) is 6. The number of nitrogens with two attached hydrogens (primary N) is 2. The number of benzene rings is 4. The van der Waals surface area contributed by atoms with E-state index in [4.69, 9.17) is 21.9 Å². The van der Waals surface area contributed by atoms with E-state index in [0.29, 0.717) is 24.2 Å². The van der Waals surface area contributed by atoms with Crippen LogP contribution >= 0.6 is 24.8 Å². The van der Waals surface area contributed by atoms with Crippen molar-refractivity contribution in [1.29, 1.82) is 5.41 Å². The fourth-order valence-electron chi connectivity index (χ4n) is 5.17. The average molecular weight is 643 g/mol. The van der Waals surface area contributed by atoms with E-state index in [1.54, 1.807) is 30.3 Å². The van der Waals surface area contributed by atoms with Gasteiger partial charge in [-0.15, -0.1) is 24.8 Å². The molecule has 6 N–H and O–H groups in total. The van der Waals surface area contributed by atoms with Crippen LogP contribution in [0.15, 0.2) is 83.8 Å². The van der Waals surface area contributed by atoms with Gasteiger partial charge in [-0.1, -0.05) is 48.5 Å². The Bertz CT molecular complexity index is 1840. The molecule has 1 heterocycles. The molecule has 4 aromatic carbocycles. The Hall–Kier alpha value is -3.83. The van der Waals surface area contributed by atoms with Gasteiger partial charge in [-0.05, 0) is 49.2 Å². The fourth-order valence-corrected chi connectivity index (χ4v) is 6.41. The predicted octanol–water partition coefficient (Wildman–Crippen LogP) is 5.03. The molecule has 43 heavy (non-hydrogen) atoms. The highest BCUT2D eigenvalue weighted by molar-refractivity contribution is 7.89. The molecule has 0 amide bonds. The molecule has 0 aliphatic rings. The number of anilines is 2. The van der Waals surface area contributed by atoms with Gasteiger partial charge in [0.05, 0.1) is 15.9 Å². The average Bonchev–Trinajstić information content (AvgIpc) is 3.28. The highest BCUT2D eigenvalue weighted by atomic mass is 35.5. The van der Waals surface area contributed by atoms with E-state index < -0.39 is 10.0 Å². The second-order valence-corrected chi connectivity index (χ2v) is 11.8. The molecular weight excluding hydrogens is 605 g/mol. The number of nitrogen functional groups attached to an aromatic ring is 2. The first-order chi connectivity index (χ1) is 19.7. The molecule has 5 aromatic rings. The third-order valence-corrected chi connectivity index (χ3v) is 9.00. The van der Waals surface area contributed by atoms with Crippen molar-refractivity contribution >= 4 is 73.9 Å². The van der Waals surface area contributed by atoms with Crippen molar-refractivity contribution in [3.05, 3.63) is 95.8 Å². The second-order valence-electron chi connectivity index (χ2n) is 10.0. The normalized spacial score (nSPS) is 11.2. The monoisotopic (exact) mass is 641 g/mol. The predicted molar refractivity (Wildman–Crippen MR) is 182 cm³/mol. The van der Waals surface area contributed by atoms with Crippen LogP contribution in [0.2, 0.25) is 0 Å². The summed E-state index contributed by atoms with van der Waals surface area (Å²) in [6.07, 6.45) is 1.60. The van der Waals surface area contributed by atoms with Gasteiger partial charge in [0.1, 0.15) is 11.7 Å². The lowest BCUT2D eigenvalue weighted by Gasteiger charge is -2.23. The largest absolute Gasteiger partial charge is 0.398 e. The Labute approximate surface area is 264 Å². The Morgan fingerprint density at radius 1 is 0.977 bits per heavy atom. The molecule has 228 valence electrons. The number of aromatic nitrogens is 2. The maximum atomic E-state index is 13.2. The van der Waals surface area contributed by atoms with Crippen molar-refractivity contribution in [3.8, 4) is 0 Å². The van der Waals surface area contributed by atoms with Crippen LogP contribution in [0.1, 0.15) is 23.9 Å². The van der Waals surface area contributed by atoms with Gasteiger partial charge >= 0.3 is 0 Å². The minimum absolute atomic E-state index is 0.